The van der Waals surface area contributed by atoms with E-state index in [9.17, 15) is 4.79 Å². The zero-order valence-corrected chi connectivity index (χ0v) is 11.5. The van der Waals surface area contributed by atoms with Crippen LogP contribution < -0.4 is 4.90 Å². The molecule has 1 aromatic rings. The smallest absolute Gasteiger partial charge is 0.347 e. The Morgan fingerprint density at radius 1 is 1.67 bits per heavy atom. The van der Waals surface area contributed by atoms with Gasteiger partial charge < -0.3 is 14.7 Å². The Kier molecular flexibility index (Phi) is 4.19. The minimum Gasteiger partial charge on any atom is -0.477 e. The fourth-order valence-electron chi connectivity index (χ4n) is 2.38. The van der Waals surface area contributed by atoms with E-state index in [1.807, 2.05) is 0 Å². The number of carboxylic acid groups (broad SMARTS) is 1. The number of nitrogens with zero attached hydrogens (tertiary/aromatic N) is 2. The van der Waals surface area contributed by atoms with Crippen molar-refractivity contribution >= 4 is 22.4 Å². The summed E-state index contributed by atoms with van der Waals surface area (Å²) in [5.41, 5.74) is 0.534. The van der Waals surface area contributed by atoms with Crippen LogP contribution in [0.25, 0.3) is 0 Å². The van der Waals surface area contributed by atoms with Crippen LogP contribution in [0.5, 0.6) is 0 Å². The fourth-order valence-corrected chi connectivity index (χ4v) is 3.38. The molecule has 1 unspecified atom stereocenters. The Labute approximate surface area is 110 Å². The number of rotatable bonds is 5. The van der Waals surface area contributed by atoms with E-state index in [4.69, 9.17) is 9.84 Å². The number of ether oxygens (including phenoxy) is 1. The summed E-state index contributed by atoms with van der Waals surface area (Å²) in [5.74, 6) is -0.918. The van der Waals surface area contributed by atoms with Crippen molar-refractivity contribution in [3.63, 3.8) is 0 Å². The number of hydrogen-bond acceptors (Lipinski definition) is 5. The van der Waals surface area contributed by atoms with Crippen molar-refractivity contribution in [2.24, 2.45) is 0 Å². The predicted octanol–water partition coefficient (Wildman–Crippen LogP) is 2.37. The molecule has 0 bridgehead atoms. The summed E-state index contributed by atoms with van der Waals surface area (Å²) in [4.78, 5) is 18.1. The number of aromatic nitrogens is 1. The average Bonchev–Trinajstić information content (AvgIpc) is 2.94. The van der Waals surface area contributed by atoms with Crippen molar-refractivity contribution in [2.75, 3.05) is 18.6 Å². The molecule has 18 heavy (non-hydrogen) atoms. The Morgan fingerprint density at radius 2 is 2.44 bits per heavy atom. The van der Waals surface area contributed by atoms with Crippen LogP contribution in [0.15, 0.2) is 0 Å². The lowest BCUT2D eigenvalue weighted by Gasteiger charge is -2.22. The van der Waals surface area contributed by atoms with E-state index in [1.165, 1.54) is 11.3 Å². The molecule has 0 aromatic carbocycles. The van der Waals surface area contributed by atoms with Crippen molar-refractivity contribution in [3.05, 3.63) is 10.6 Å². The van der Waals surface area contributed by atoms with Crippen molar-refractivity contribution < 1.29 is 14.6 Å². The summed E-state index contributed by atoms with van der Waals surface area (Å²) >= 11 is 1.26. The molecule has 1 aliphatic rings. The van der Waals surface area contributed by atoms with Gasteiger partial charge in [-0.25, -0.2) is 9.78 Å². The first-order valence-corrected chi connectivity index (χ1v) is 6.97. The maximum absolute atomic E-state index is 11.2. The van der Waals surface area contributed by atoms with Gasteiger partial charge in [-0.3, -0.25) is 0 Å². The highest BCUT2D eigenvalue weighted by Gasteiger charge is 2.28. The number of carboxylic acids is 1. The van der Waals surface area contributed by atoms with Crippen LogP contribution in [0.1, 0.15) is 41.6 Å². The Hall–Kier alpha value is -1.14. The lowest BCUT2D eigenvalue weighted by molar-refractivity contribution is 0.0697. The van der Waals surface area contributed by atoms with Gasteiger partial charge in [0.05, 0.1) is 12.3 Å². The first-order chi connectivity index (χ1) is 8.67. The molecule has 1 saturated heterocycles. The molecule has 2 rings (SSSR count). The van der Waals surface area contributed by atoms with E-state index in [2.05, 4.69) is 16.8 Å². The summed E-state index contributed by atoms with van der Waals surface area (Å²) in [6.45, 7) is 3.38. The molecule has 0 saturated carbocycles. The molecule has 0 radical (unpaired) electrons. The summed E-state index contributed by atoms with van der Waals surface area (Å²) in [5, 5.41) is 9.99. The lowest BCUT2D eigenvalue weighted by Crippen LogP contribution is -2.28. The second-order valence-electron chi connectivity index (χ2n) is 4.41. The van der Waals surface area contributed by atoms with Gasteiger partial charge in [-0.2, -0.15) is 0 Å². The third-order valence-corrected chi connectivity index (χ3v) is 4.38. The number of methoxy groups -OCH3 is 1. The number of carbonyl (C=O) groups is 1. The topological polar surface area (TPSA) is 62.7 Å². The molecular weight excluding hydrogens is 252 g/mol. The van der Waals surface area contributed by atoms with Crippen molar-refractivity contribution in [1.29, 1.82) is 0 Å². The molecule has 1 N–H and O–H groups in total. The highest BCUT2D eigenvalue weighted by Crippen LogP contribution is 2.33. The van der Waals surface area contributed by atoms with E-state index in [1.54, 1.807) is 7.11 Å². The van der Waals surface area contributed by atoms with Gasteiger partial charge in [-0.1, -0.05) is 18.3 Å². The fraction of sp³-hybridized carbons (Fsp3) is 0.667. The van der Waals surface area contributed by atoms with Crippen molar-refractivity contribution in [1.82, 2.24) is 4.98 Å². The lowest BCUT2D eigenvalue weighted by atomic mass is 10.2. The van der Waals surface area contributed by atoms with Crippen molar-refractivity contribution in [3.8, 4) is 0 Å². The number of hydrogen-bond donors (Lipinski definition) is 1. The van der Waals surface area contributed by atoms with Crippen LogP contribution in [0.3, 0.4) is 0 Å². The van der Waals surface area contributed by atoms with Crippen LogP contribution in [0.2, 0.25) is 0 Å². The second kappa shape index (κ2) is 5.67. The SMILES string of the molecule is CCC1CCCN1c1nc(COC)c(C(=O)O)s1. The summed E-state index contributed by atoms with van der Waals surface area (Å²) < 4.78 is 5.01. The standard InChI is InChI=1S/C12H18N2O3S/c1-3-8-5-4-6-14(8)12-13-9(7-17-2)10(18-12)11(15)16/h8H,3-7H2,1-2H3,(H,15,16). The molecule has 0 amide bonds. The Morgan fingerprint density at radius 3 is 3.06 bits per heavy atom. The number of aromatic carboxylic acids is 1. The summed E-state index contributed by atoms with van der Waals surface area (Å²) in [6, 6.07) is 0.494. The van der Waals surface area contributed by atoms with Crippen LogP contribution in [0, 0.1) is 0 Å². The van der Waals surface area contributed by atoms with Crippen LogP contribution in [-0.4, -0.2) is 35.8 Å². The molecule has 1 fully saturated rings. The predicted molar refractivity (Wildman–Crippen MR) is 70.4 cm³/mol. The molecule has 1 aromatic heterocycles. The normalized spacial score (nSPS) is 19.4. The second-order valence-corrected chi connectivity index (χ2v) is 5.39. The van der Waals surface area contributed by atoms with Gasteiger partial charge >= 0.3 is 5.97 Å². The largest absolute Gasteiger partial charge is 0.477 e. The van der Waals surface area contributed by atoms with E-state index < -0.39 is 5.97 Å². The molecule has 1 aliphatic heterocycles. The molecule has 0 aliphatic carbocycles. The number of thiazole rings is 1. The zero-order chi connectivity index (χ0) is 13.1. The highest BCUT2D eigenvalue weighted by atomic mass is 32.1. The van der Waals surface area contributed by atoms with Crippen LogP contribution in [-0.2, 0) is 11.3 Å². The summed E-state index contributed by atoms with van der Waals surface area (Å²) in [6.07, 6.45) is 3.39. The molecule has 2 heterocycles. The van der Waals surface area contributed by atoms with Gasteiger partial charge in [0.15, 0.2) is 5.13 Å². The molecule has 0 spiro atoms. The molecular formula is C12H18N2O3S. The van der Waals surface area contributed by atoms with Crippen molar-refractivity contribution in [2.45, 2.75) is 38.8 Å². The van der Waals surface area contributed by atoms with E-state index in [0.717, 1.165) is 30.9 Å². The Bertz CT molecular complexity index is 433. The van der Waals surface area contributed by atoms with Gasteiger partial charge in [-0.05, 0) is 19.3 Å². The molecule has 1 atom stereocenters. The van der Waals surface area contributed by atoms with Crippen LogP contribution >= 0.6 is 11.3 Å². The van der Waals surface area contributed by atoms with Crippen LogP contribution in [0.4, 0.5) is 5.13 Å². The van der Waals surface area contributed by atoms with E-state index in [-0.39, 0.29) is 6.61 Å². The third kappa shape index (κ3) is 2.49. The first kappa shape index (κ1) is 13.3. The zero-order valence-electron chi connectivity index (χ0n) is 10.7. The quantitative estimate of drug-likeness (QED) is 0.890. The number of anilines is 1. The van der Waals surface area contributed by atoms with Gasteiger partial charge in [0, 0.05) is 19.7 Å². The first-order valence-electron chi connectivity index (χ1n) is 6.16. The maximum Gasteiger partial charge on any atom is 0.347 e. The van der Waals surface area contributed by atoms with Gasteiger partial charge in [0.25, 0.3) is 0 Å². The minimum atomic E-state index is -0.918. The monoisotopic (exact) mass is 270 g/mol. The minimum absolute atomic E-state index is 0.253. The van der Waals surface area contributed by atoms with E-state index in [0.29, 0.717) is 16.6 Å². The van der Waals surface area contributed by atoms with Gasteiger partial charge in [0.2, 0.25) is 0 Å². The van der Waals surface area contributed by atoms with Gasteiger partial charge in [-0.15, -0.1) is 0 Å². The molecule has 6 heteroatoms. The third-order valence-electron chi connectivity index (χ3n) is 3.26. The Balaban J connectivity index is 2.28. The average molecular weight is 270 g/mol. The summed E-state index contributed by atoms with van der Waals surface area (Å²) in [7, 11) is 1.55. The highest BCUT2D eigenvalue weighted by molar-refractivity contribution is 7.17. The van der Waals surface area contributed by atoms with E-state index >= 15 is 0 Å². The maximum atomic E-state index is 11.2. The van der Waals surface area contributed by atoms with Gasteiger partial charge in [0.1, 0.15) is 4.88 Å². The molecule has 5 nitrogen and oxygen atoms in total. The molecule has 100 valence electrons.